The van der Waals surface area contributed by atoms with E-state index in [9.17, 15) is 5.11 Å². The Morgan fingerprint density at radius 3 is 2.76 bits per heavy atom. The van der Waals surface area contributed by atoms with Gasteiger partial charge in [-0.3, -0.25) is 4.68 Å². The van der Waals surface area contributed by atoms with Gasteiger partial charge in [-0.05, 0) is 12.1 Å². The van der Waals surface area contributed by atoms with Crippen LogP contribution in [0.2, 0.25) is 5.02 Å². The minimum atomic E-state index is -0.619. The number of hydrogen-bond acceptors (Lipinski definition) is 3. The molecule has 1 aromatic carbocycles. The van der Waals surface area contributed by atoms with E-state index >= 15 is 0 Å². The summed E-state index contributed by atoms with van der Waals surface area (Å²) in [4.78, 5) is 0. The maximum absolute atomic E-state index is 9.74. The van der Waals surface area contributed by atoms with Crippen molar-refractivity contribution in [2.24, 2.45) is 0 Å². The second-order valence-corrected chi connectivity index (χ2v) is 4.09. The quantitative estimate of drug-likeness (QED) is 0.885. The topological polar surface area (TPSA) is 47.3 Å². The molecule has 1 aromatic heterocycles. The Morgan fingerprint density at radius 1 is 1.35 bits per heavy atom. The van der Waals surface area contributed by atoms with E-state index in [-0.39, 0.29) is 6.61 Å². The van der Waals surface area contributed by atoms with Crippen molar-refractivity contribution < 1.29 is 9.84 Å². The fourth-order valence-electron chi connectivity index (χ4n) is 1.42. The second kappa shape index (κ2) is 5.70. The van der Waals surface area contributed by atoms with Crippen LogP contribution in [0.1, 0.15) is 0 Å². The zero-order chi connectivity index (χ0) is 12.1. The number of aliphatic hydroxyl groups excluding tert-OH is 1. The molecule has 0 aliphatic rings. The van der Waals surface area contributed by atoms with Crippen molar-refractivity contribution in [1.82, 2.24) is 9.78 Å². The molecule has 0 aliphatic heterocycles. The predicted molar refractivity (Wildman–Crippen MR) is 65.2 cm³/mol. The highest BCUT2D eigenvalue weighted by atomic mass is 35.5. The highest BCUT2D eigenvalue weighted by Gasteiger charge is 2.07. The van der Waals surface area contributed by atoms with Crippen molar-refractivity contribution in [3.63, 3.8) is 0 Å². The molecule has 0 fully saturated rings. The van der Waals surface area contributed by atoms with Gasteiger partial charge in [-0.15, -0.1) is 0 Å². The first kappa shape index (κ1) is 12.0. The number of aliphatic hydroxyl groups is 1. The number of ether oxygens (including phenoxy) is 1. The van der Waals surface area contributed by atoms with Crippen LogP contribution < -0.4 is 4.74 Å². The van der Waals surface area contributed by atoms with Crippen LogP contribution in [0.3, 0.4) is 0 Å². The smallest absolute Gasteiger partial charge is 0.119 e. The fourth-order valence-corrected chi connectivity index (χ4v) is 1.57. The third-order valence-corrected chi connectivity index (χ3v) is 2.38. The maximum atomic E-state index is 9.74. The summed E-state index contributed by atoms with van der Waals surface area (Å²) in [5.41, 5.74) is 0. The van der Waals surface area contributed by atoms with Crippen LogP contribution in [0.25, 0.3) is 0 Å². The van der Waals surface area contributed by atoms with Crippen molar-refractivity contribution in [2.45, 2.75) is 12.6 Å². The van der Waals surface area contributed by atoms with Crippen molar-refractivity contribution in [3.8, 4) is 5.75 Å². The Kier molecular flexibility index (Phi) is 4.01. The van der Waals surface area contributed by atoms with Gasteiger partial charge >= 0.3 is 0 Å². The van der Waals surface area contributed by atoms with Gasteiger partial charge in [0.05, 0.1) is 17.8 Å². The summed E-state index contributed by atoms with van der Waals surface area (Å²) in [6.07, 6.45) is 2.57. The molecule has 2 aromatic rings. The Morgan fingerprint density at radius 2 is 2.12 bits per heavy atom. The lowest BCUT2D eigenvalue weighted by Crippen LogP contribution is -2.23. The molecule has 1 atom stereocenters. The zero-order valence-electron chi connectivity index (χ0n) is 9.16. The number of aromatic nitrogens is 2. The number of para-hydroxylation sites is 1. The van der Waals surface area contributed by atoms with E-state index in [0.717, 1.165) is 5.75 Å². The normalized spacial score (nSPS) is 12.4. The summed E-state index contributed by atoms with van der Waals surface area (Å²) < 4.78 is 7.01. The van der Waals surface area contributed by atoms with Crippen LogP contribution in [-0.2, 0) is 6.54 Å². The Balaban J connectivity index is 1.80. The van der Waals surface area contributed by atoms with Crippen LogP contribution in [0.15, 0.2) is 42.7 Å². The molecule has 0 saturated heterocycles. The minimum Gasteiger partial charge on any atom is -0.491 e. The van der Waals surface area contributed by atoms with Gasteiger partial charge in [0.2, 0.25) is 0 Å². The first-order valence-corrected chi connectivity index (χ1v) is 5.66. The average molecular weight is 253 g/mol. The SMILES string of the molecule is OC(COc1ccccc1)Cn1cc(Cl)cn1. The molecule has 17 heavy (non-hydrogen) atoms. The summed E-state index contributed by atoms with van der Waals surface area (Å²) in [7, 11) is 0. The van der Waals surface area contributed by atoms with Gasteiger partial charge in [-0.25, -0.2) is 0 Å². The van der Waals surface area contributed by atoms with Gasteiger partial charge in [-0.1, -0.05) is 29.8 Å². The molecule has 0 bridgehead atoms. The van der Waals surface area contributed by atoms with Crippen molar-refractivity contribution in [3.05, 3.63) is 47.7 Å². The molecule has 90 valence electrons. The standard InChI is InChI=1S/C12H13ClN2O2/c13-10-6-14-15(7-10)8-11(16)9-17-12-4-2-1-3-5-12/h1-7,11,16H,8-9H2. The molecule has 0 aliphatic carbocycles. The second-order valence-electron chi connectivity index (χ2n) is 3.66. The van der Waals surface area contributed by atoms with Crippen molar-refractivity contribution in [2.75, 3.05) is 6.61 Å². The lowest BCUT2D eigenvalue weighted by molar-refractivity contribution is 0.0893. The van der Waals surface area contributed by atoms with Crippen LogP contribution >= 0.6 is 11.6 Å². The molecule has 0 spiro atoms. The first-order chi connectivity index (χ1) is 8.24. The number of hydrogen-bond donors (Lipinski definition) is 1. The van der Waals surface area contributed by atoms with Crippen LogP contribution in [-0.4, -0.2) is 27.6 Å². The number of halogens is 1. The van der Waals surface area contributed by atoms with E-state index in [1.807, 2.05) is 30.3 Å². The highest BCUT2D eigenvalue weighted by Crippen LogP contribution is 2.09. The van der Waals surface area contributed by atoms with E-state index in [4.69, 9.17) is 16.3 Å². The fraction of sp³-hybridized carbons (Fsp3) is 0.250. The van der Waals surface area contributed by atoms with E-state index in [1.54, 1.807) is 10.9 Å². The predicted octanol–water partition coefficient (Wildman–Crippen LogP) is 1.98. The molecule has 0 amide bonds. The number of benzene rings is 1. The molecule has 1 unspecified atom stereocenters. The third kappa shape index (κ3) is 3.76. The lowest BCUT2D eigenvalue weighted by Gasteiger charge is -2.12. The van der Waals surface area contributed by atoms with Crippen LogP contribution in [0.5, 0.6) is 5.75 Å². The molecule has 0 radical (unpaired) electrons. The molecular weight excluding hydrogens is 240 g/mol. The van der Waals surface area contributed by atoms with E-state index in [2.05, 4.69) is 5.10 Å². The first-order valence-electron chi connectivity index (χ1n) is 5.28. The van der Waals surface area contributed by atoms with E-state index in [0.29, 0.717) is 11.6 Å². The van der Waals surface area contributed by atoms with Gasteiger partial charge in [0.15, 0.2) is 0 Å². The summed E-state index contributed by atoms with van der Waals surface area (Å²) in [5.74, 6) is 0.741. The van der Waals surface area contributed by atoms with E-state index in [1.165, 1.54) is 6.20 Å². The van der Waals surface area contributed by atoms with E-state index < -0.39 is 6.10 Å². The maximum Gasteiger partial charge on any atom is 0.119 e. The van der Waals surface area contributed by atoms with Crippen LogP contribution in [0, 0.1) is 0 Å². The molecule has 5 heteroatoms. The molecule has 1 heterocycles. The average Bonchev–Trinajstić information content (AvgIpc) is 2.73. The van der Waals surface area contributed by atoms with Gasteiger partial charge in [-0.2, -0.15) is 5.10 Å². The monoisotopic (exact) mass is 252 g/mol. The van der Waals surface area contributed by atoms with Gasteiger partial charge in [0.1, 0.15) is 18.5 Å². The highest BCUT2D eigenvalue weighted by molar-refractivity contribution is 6.30. The summed E-state index contributed by atoms with van der Waals surface area (Å²) in [6.45, 7) is 0.584. The Hall–Kier alpha value is -1.52. The van der Waals surface area contributed by atoms with Crippen molar-refractivity contribution >= 4 is 11.6 Å². The van der Waals surface area contributed by atoms with Gasteiger partial charge in [0.25, 0.3) is 0 Å². The third-order valence-electron chi connectivity index (χ3n) is 2.19. The minimum absolute atomic E-state index is 0.224. The summed E-state index contributed by atoms with van der Waals surface area (Å²) in [6, 6.07) is 9.37. The number of nitrogens with zero attached hydrogens (tertiary/aromatic N) is 2. The largest absolute Gasteiger partial charge is 0.491 e. The van der Waals surface area contributed by atoms with Gasteiger partial charge in [0, 0.05) is 6.20 Å². The van der Waals surface area contributed by atoms with Crippen LogP contribution in [0.4, 0.5) is 0 Å². The molecule has 1 N–H and O–H groups in total. The molecule has 4 nitrogen and oxygen atoms in total. The molecular formula is C12H13ClN2O2. The zero-order valence-corrected chi connectivity index (χ0v) is 9.92. The number of rotatable bonds is 5. The summed E-state index contributed by atoms with van der Waals surface area (Å²) >= 11 is 5.72. The lowest BCUT2D eigenvalue weighted by atomic mass is 10.3. The molecule has 2 rings (SSSR count). The summed E-state index contributed by atoms with van der Waals surface area (Å²) in [5, 5.41) is 14.3. The van der Waals surface area contributed by atoms with Gasteiger partial charge < -0.3 is 9.84 Å². The molecule has 0 saturated carbocycles. The van der Waals surface area contributed by atoms with Crippen molar-refractivity contribution in [1.29, 1.82) is 0 Å². The Labute approximate surface area is 104 Å². The Bertz CT molecular complexity index is 459.